The highest BCUT2D eigenvalue weighted by atomic mass is 19.4. The molecule has 3 aromatic rings. The fourth-order valence-corrected chi connectivity index (χ4v) is 2.43. The molecule has 0 amide bonds. The van der Waals surface area contributed by atoms with Crippen molar-refractivity contribution in [3.8, 4) is 0 Å². The van der Waals surface area contributed by atoms with E-state index < -0.39 is 17.7 Å². The zero-order chi connectivity index (χ0) is 18.6. The molecule has 26 heavy (non-hydrogen) atoms. The second-order valence-corrected chi connectivity index (χ2v) is 5.65. The Morgan fingerprint density at radius 3 is 2.65 bits per heavy atom. The number of hydrogen-bond donors (Lipinski definition) is 1. The van der Waals surface area contributed by atoms with Crippen LogP contribution in [0.15, 0.2) is 54.9 Å². The van der Waals surface area contributed by atoms with E-state index in [4.69, 9.17) is 4.74 Å². The summed E-state index contributed by atoms with van der Waals surface area (Å²) < 4.78 is 44.9. The van der Waals surface area contributed by atoms with E-state index in [1.54, 1.807) is 4.57 Å². The van der Waals surface area contributed by atoms with E-state index in [0.29, 0.717) is 5.52 Å². The van der Waals surface area contributed by atoms with Crippen molar-refractivity contribution < 1.29 is 22.7 Å². The number of carbonyl (C=O) groups excluding carboxylic acids is 1. The Labute approximate surface area is 147 Å². The fourth-order valence-electron chi connectivity index (χ4n) is 2.43. The molecule has 0 bridgehead atoms. The molecule has 0 spiro atoms. The molecule has 0 radical (unpaired) electrons. The second-order valence-electron chi connectivity index (χ2n) is 5.65. The smallest absolute Gasteiger partial charge is 0.416 e. The number of alkyl halides is 3. The van der Waals surface area contributed by atoms with Gasteiger partial charge >= 0.3 is 12.1 Å². The standard InChI is InChI=1S/C18H16F3N3O2/c19-18(20,21)14-6-7-16-15(8-14)23-12-24(16)11-22-9-17(25)26-10-13-4-2-1-3-5-13/h1-8,12,22H,9-11H2. The quantitative estimate of drug-likeness (QED) is 0.683. The first-order chi connectivity index (χ1) is 12.4. The topological polar surface area (TPSA) is 56.2 Å². The van der Waals surface area contributed by atoms with Crippen molar-refractivity contribution in [3.63, 3.8) is 0 Å². The fraction of sp³-hybridized carbons (Fsp3) is 0.222. The first kappa shape index (κ1) is 17.9. The number of carbonyl (C=O) groups is 1. The van der Waals surface area contributed by atoms with E-state index in [0.717, 1.165) is 17.7 Å². The van der Waals surface area contributed by atoms with Crippen molar-refractivity contribution in [1.29, 1.82) is 0 Å². The summed E-state index contributed by atoms with van der Waals surface area (Å²) in [6, 6.07) is 12.7. The van der Waals surface area contributed by atoms with Crippen LogP contribution in [0.5, 0.6) is 0 Å². The van der Waals surface area contributed by atoms with E-state index in [2.05, 4.69) is 10.3 Å². The van der Waals surface area contributed by atoms with Gasteiger partial charge in [0.1, 0.15) is 6.61 Å². The summed E-state index contributed by atoms with van der Waals surface area (Å²) in [4.78, 5) is 15.7. The van der Waals surface area contributed by atoms with Crippen LogP contribution in [0.4, 0.5) is 13.2 Å². The third-order valence-electron chi connectivity index (χ3n) is 3.74. The number of imidazole rings is 1. The number of aromatic nitrogens is 2. The summed E-state index contributed by atoms with van der Waals surface area (Å²) in [6.45, 7) is 0.394. The minimum Gasteiger partial charge on any atom is -0.460 e. The van der Waals surface area contributed by atoms with Gasteiger partial charge in [0.2, 0.25) is 0 Å². The predicted molar refractivity (Wildman–Crippen MR) is 89.0 cm³/mol. The van der Waals surface area contributed by atoms with Gasteiger partial charge in [0.05, 0.1) is 36.1 Å². The van der Waals surface area contributed by atoms with Crippen LogP contribution in [-0.4, -0.2) is 22.1 Å². The lowest BCUT2D eigenvalue weighted by molar-refractivity contribution is -0.144. The molecule has 1 aromatic heterocycles. The Hall–Kier alpha value is -2.87. The van der Waals surface area contributed by atoms with Gasteiger partial charge < -0.3 is 9.30 Å². The Balaban J connectivity index is 1.52. The molecule has 8 heteroatoms. The Bertz CT molecular complexity index is 892. The molecular weight excluding hydrogens is 347 g/mol. The number of ether oxygens (including phenoxy) is 1. The molecule has 1 N–H and O–H groups in total. The summed E-state index contributed by atoms with van der Waals surface area (Å²) in [5.41, 5.74) is 0.936. The summed E-state index contributed by atoms with van der Waals surface area (Å²) in [5.74, 6) is -0.419. The summed E-state index contributed by atoms with van der Waals surface area (Å²) >= 11 is 0. The molecule has 0 unspecified atom stereocenters. The zero-order valence-corrected chi connectivity index (χ0v) is 13.7. The Morgan fingerprint density at radius 1 is 1.15 bits per heavy atom. The first-order valence-electron chi connectivity index (χ1n) is 7.86. The van der Waals surface area contributed by atoms with Crippen molar-refractivity contribution in [1.82, 2.24) is 14.9 Å². The van der Waals surface area contributed by atoms with E-state index in [9.17, 15) is 18.0 Å². The van der Waals surface area contributed by atoms with Crippen LogP contribution >= 0.6 is 0 Å². The van der Waals surface area contributed by atoms with Crippen LogP contribution in [0, 0.1) is 0 Å². The maximum absolute atomic E-state index is 12.7. The molecule has 1 heterocycles. The van der Waals surface area contributed by atoms with Gasteiger partial charge in [-0.2, -0.15) is 13.2 Å². The van der Waals surface area contributed by atoms with Crippen LogP contribution in [0.2, 0.25) is 0 Å². The highest BCUT2D eigenvalue weighted by Crippen LogP contribution is 2.30. The molecular formula is C18H16F3N3O2. The van der Waals surface area contributed by atoms with Crippen LogP contribution < -0.4 is 5.32 Å². The predicted octanol–water partition coefficient (Wildman–Crippen LogP) is 3.35. The van der Waals surface area contributed by atoms with Crippen molar-refractivity contribution in [2.45, 2.75) is 19.5 Å². The zero-order valence-electron chi connectivity index (χ0n) is 13.7. The number of esters is 1. The molecule has 0 atom stereocenters. The highest BCUT2D eigenvalue weighted by molar-refractivity contribution is 5.76. The molecule has 136 valence electrons. The minimum atomic E-state index is -4.40. The van der Waals surface area contributed by atoms with E-state index in [1.807, 2.05) is 30.3 Å². The van der Waals surface area contributed by atoms with Crippen LogP contribution in [0.1, 0.15) is 11.1 Å². The Morgan fingerprint density at radius 2 is 1.92 bits per heavy atom. The number of benzene rings is 2. The average molecular weight is 363 g/mol. The molecule has 0 saturated heterocycles. The van der Waals surface area contributed by atoms with Gasteiger partial charge in [0.15, 0.2) is 0 Å². The number of fused-ring (bicyclic) bond motifs is 1. The van der Waals surface area contributed by atoms with Crippen molar-refractivity contribution in [3.05, 3.63) is 66.0 Å². The lowest BCUT2D eigenvalue weighted by Gasteiger charge is -2.09. The molecule has 0 aliphatic heterocycles. The first-order valence-corrected chi connectivity index (χ1v) is 7.86. The molecule has 3 rings (SSSR count). The SMILES string of the molecule is O=C(CNCn1cnc2cc(C(F)(F)F)ccc21)OCc1ccccc1. The third-order valence-corrected chi connectivity index (χ3v) is 3.74. The third kappa shape index (κ3) is 4.40. The van der Waals surface area contributed by atoms with E-state index in [1.165, 1.54) is 12.4 Å². The van der Waals surface area contributed by atoms with Crippen LogP contribution in [0.25, 0.3) is 11.0 Å². The lowest BCUT2D eigenvalue weighted by atomic mass is 10.2. The number of halogens is 3. The number of nitrogens with one attached hydrogen (secondary N) is 1. The summed E-state index contributed by atoms with van der Waals surface area (Å²) in [6.07, 6.45) is -2.98. The van der Waals surface area contributed by atoms with Gasteiger partial charge in [0, 0.05) is 0 Å². The van der Waals surface area contributed by atoms with Crippen molar-refractivity contribution in [2.24, 2.45) is 0 Å². The minimum absolute atomic E-state index is 0.0207. The van der Waals surface area contributed by atoms with Crippen molar-refractivity contribution >= 4 is 17.0 Å². The van der Waals surface area contributed by atoms with Gasteiger partial charge in [0.25, 0.3) is 0 Å². The van der Waals surface area contributed by atoms with Gasteiger partial charge in [-0.25, -0.2) is 4.98 Å². The van der Waals surface area contributed by atoms with Crippen molar-refractivity contribution in [2.75, 3.05) is 6.54 Å². The molecule has 0 aliphatic rings. The monoisotopic (exact) mass is 363 g/mol. The molecule has 0 saturated carbocycles. The van der Waals surface area contributed by atoms with E-state index >= 15 is 0 Å². The maximum atomic E-state index is 12.7. The Kier molecular flexibility index (Phi) is 5.22. The van der Waals surface area contributed by atoms with Crippen LogP contribution in [0.3, 0.4) is 0 Å². The van der Waals surface area contributed by atoms with Gasteiger partial charge in [-0.1, -0.05) is 30.3 Å². The lowest BCUT2D eigenvalue weighted by Crippen LogP contribution is -2.26. The largest absolute Gasteiger partial charge is 0.460 e. The maximum Gasteiger partial charge on any atom is 0.416 e. The number of hydrogen-bond acceptors (Lipinski definition) is 4. The molecule has 0 aliphatic carbocycles. The second kappa shape index (κ2) is 7.57. The van der Waals surface area contributed by atoms with Gasteiger partial charge in [-0.3, -0.25) is 10.1 Å². The normalized spacial score (nSPS) is 11.7. The highest BCUT2D eigenvalue weighted by Gasteiger charge is 2.30. The average Bonchev–Trinajstić information content (AvgIpc) is 3.02. The molecule has 0 fully saturated rings. The molecule has 5 nitrogen and oxygen atoms in total. The molecule has 2 aromatic carbocycles. The summed E-state index contributed by atoms with van der Waals surface area (Å²) in [7, 11) is 0. The summed E-state index contributed by atoms with van der Waals surface area (Å²) in [5, 5.41) is 2.89. The number of nitrogens with zero attached hydrogens (tertiary/aromatic N) is 2. The van der Waals surface area contributed by atoms with E-state index in [-0.39, 0.29) is 25.3 Å². The number of rotatable bonds is 6. The van der Waals surface area contributed by atoms with Gasteiger partial charge in [-0.05, 0) is 23.8 Å². The van der Waals surface area contributed by atoms with Gasteiger partial charge in [-0.15, -0.1) is 0 Å². The van der Waals surface area contributed by atoms with Crippen LogP contribution in [-0.2, 0) is 29.0 Å².